The number of fused-ring (bicyclic) bond motifs is 2. The van der Waals surface area contributed by atoms with Crippen LogP contribution in [0, 0.1) is 5.82 Å². The highest BCUT2D eigenvalue weighted by atomic mass is 32.1. The third-order valence-corrected chi connectivity index (χ3v) is 5.66. The van der Waals surface area contributed by atoms with E-state index < -0.39 is 11.9 Å². The van der Waals surface area contributed by atoms with Crippen molar-refractivity contribution in [3.63, 3.8) is 0 Å². The summed E-state index contributed by atoms with van der Waals surface area (Å²) in [4.78, 5) is 28.4. The molecule has 1 atom stereocenters. The van der Waals surface area contributed by atoms with Gasteiger partial charge in [-0.15, -0.1) is 11.3 Å². The van der Waals surface area contributed by atoms with Crippen LogP contribution in [0.4, 0.5) is 15.2 Å². The molecule has 3 heterocycles. The summed E-state index contributed by atoms with van der Waals surface area (Å²) in [5.41, 5.74) is 2.09. The number of benzene rings is 2. The van der Waals surface area contributed by atoms with Crippen molar-refractivity contribution in [2.75, 3.05) is 17.2 Å². The Morgan fingerprint density at radius 3 is 2.93 bits per heavy atom. The van der Waals surface area contributed by atoms with Gasteiger partial charge in [0.05, 0.1) is 5.69 Å². The van der Waals surface area contributed by atoms with Crippen molar-refractivity contribution in [2.45, 2.75) is 18.9 Å². The van der Waals surface area contributed by atoms with Gasteiger partial charge in [-0.3, -0.25) is 14.9 Å². The molecule has 0 fully saturated rings. The Morgan fingerprint density at radius 1 is 1.23 bits per heavy atom. The van der Waals surface area contributed by atoms with Gasteiger partial charge < -0.3 is 14.8 Å². The molecule has 1 unspecified atom stereocenters. The van der Waals surface area contributed by atoms with Crippen LogP contribution in [-0.4, -0.2) is 29.5 Å². The molecule has 3 aromatic rings. The SMILES string of the molecule is O=C1CCc2cc(-c3csc(NC(=O)C4COc5ccccc5O4)n3)c(F)cc2N1. The number of hydrogen-bond acceptors (Lipinski definition) is 6. The number of aromatic nitrogens is 1. The molecule has 9 heteroatoms. The first-order valence-corrected chi connectivity index (χ1v) is 10.2. The molecule has 152 valence electrons. The molecular formula is C21H16FN3O4S. The fourth-order valence-electron chi connectivity index (χ4n) is 3.39. The van der Waals surface area contributed by atoms with Crippen LogP contribution in [0.2, 0.25) is 0 Å². The molecule has 7 nitrogen and oxygen atoms in total. The predicted molar refractivity (Wildman–Crippen MR) is 109 cm³/mol. The van der Waals surface area contributed by atoms with E-state index in [1.54, 1.807) is 29.6 Å². The molecule has 0 radical (unpaired) electrons. The number of rotatable bonds is 3. The van der Waals surface area contributed by atoms with Crippen molar-refractivity contribution in [3.8, 4) is 22.8 Å². The zero-order valence-electron chi connectivity index (χ0n) is 15.6. The van der Waals surface area contributed by atoms with E-state index >= 15 is 0 Å². The van der Waals surface area contributed by atoms with Crippen LogP contribution >= 0.6 is 11.3 Å². The lowest BCUT2D eigenvalue weighted by molar-refractivity contribution is -0.125. The van der Waals surface area contributed by atoms with E-state index in [1.807, 2.05) is 6.07 Å². The van der Waals surface area contributed by atoms with E-state index in [2.05, 4.69) is 15.6 Å². The lowest BCUT2D eigenvalue weighted by atomic mass is 9.99. The monoisotopic (exact) mass is 425 g/mol. The number of hydrogen-bond donors (Lipinski definition) is 2. The molecule has 0 saturated carbocycles. The van der Waals surface area contributed by atoms with Crippen molar-refractivity contribution >= 4 is 34.0 Å². The van der Waals surface area contributed by atoms with E-state index in [1.165, 1.54) is 17.4 Å². The molecule has 2 amide bonds. The minimum Gasteiger partial charge on any atom is -0.485 e. The van der Waals surface area contributed by atoms with Gasteiger partial charge in [0, 0.05) is 23.1 Å². The van der Waals surface area contributed by atoms with Crippen molar-refractivity contribution in [2.24, 2.45) is 0 Å². The minimum atomic E-state index is -0.809. The number of carbonyl (C=O) groups is 2. The minimum absolute atomic E-state index is 0.0895. The van der Waals surface area contributed by atoms with Gasteiger partial charge in [-0.2, -0.15) is 0 Å². The smallest absolute Gasteiger partial charge is 0.270 e. The Labute approximate surface area is 174 Å². The number of amides is 2. The first kappa shape index (κ1) is 18.6. The molecule has 0 bridgehead atoms. The molecule has 2 N–H and O–H groups in total. The first-order chi connectivity index (χ1) is 14.6. The van der Waals surface area contributed by atoms with Gasteiger partial charge in [-0.1, -0.05) is 12.1 Å². The first-order valence-electron chi connectivity index (χ1n) is 9.34. The Bertz CT molecular complexity index is 1160. The van der Waals surface area contributed by atoms with Crippen LogP contribution in [0.25, 0.3) is 11.3 Å². The summed E-state index contributed by atoms with van der Waals surface area (Å²) in [5.74, 6) is 0.104. The summed E-state index contributed by atoms with van der Waals surface area (Å²) in [5, 5.41) is 7.39. The number of aryl methyl sites for hydroxylation is 1. The van der Waals surface area contributed by atoms with Crippen molar-refractivity contribution < 1.29 is 23.5 Å². The largest absolute Gasteiger partial charge is 0.485 e. The van der Waals surface area contributed by atoms with Crippen LogP contribution in [0.1, 0.15) is 12.0 Å². The third kappa shape index (κ3) is 3.48. The molecule has 1 aromatic heterocycles. The number of ether oxygens (including phenoxy) is 2. The van der Waals surface area contributed by atoms with Gasteiger partial charge in [0.15, 0.2) is 16.6 Å². The maximum atomic E-state index is 14.6. The number of nitrogens with zero attached hydrogens (tertiary/aromatic N) is 1. The highest BCUT2D eigenvalue weighted by molar-refractivity contribution is 7.14. The van der Waals surface area contributed by atoms with Crippen LogP contribution in [-0.2, 0) is 16.0 Å². The number of halogens is 1. The highest BCUT2D eigenvalue weighted by Crippen LogP contribution is 2.34. The van der Waals surface area contributed by atoms with E-state index in [0.29, 0.717) is 46.4 Å². The van der Waals surface area contributed by atoms with Crippen LogP contribution < -0.4 is 20.1 Å². The van der Waals surface area contributed by atoms with Crippen molar-refractivity contribution in [1.29, 1.82) is 0 Å². The third-order valence-electron chi connectivity index (χ3n) is 4.90. The van der Waals surface area contributed by atoms with Gasteiger partial charge >= 0.3 is 0 Å². The maximum absolute atomic E-state index is 14.6. The molecule has 2 aliphatic heterocycles. The Morgan fingerprint density at radius 2 is 2.07 bits per heavy atom. The van der Waals surface area contributed by atoms with Crippen LogP contribution in [0.15, 0.2) is 41.8 Å². The number of carbonyl (C=O) groups excluding carboxylic acids is 2. The van der Waals surface area contributed by atoms with E-state index in [0.717, 1.165) is 5.56 Å². The Hall–Kier alpha value is -3.46. The summed E-state index contributed by atoms with van der Waals surface area (Å²) in [6.45, 7) is 0.0895. The summed E-state index contributed by atoms with van der Waals surface area (Å²) in [6.07, 6.45) is 0.0995. The summed E-state index contributed by atoms with van der Waals surface area (Å²) < 4.78 is 25.8. The molecule has 2 aliphatic rings. The number of nitrogens with one attached hydrogen (secondary N) is 2. The molecule has 0 aliphatic carbocycles. The molecule has 0 saturated heterocycles. The quantitative estimate of drug-likeness (QED) is 0.669. The average molecular weight is 425 g/mol. The number of para-hydroxylation sites is 2. The fourth-order valence-corrected chi connectivity index (χ4v) is 4.10. The number of thiazole rings is 1. The second kappa shape index (κ2) is 7.42. The normalized spacial score (nSPS) is 17.1. The van der Waals surface area contributed by atoms with E-state index in [-0.39, 0.29) is 18.4 Å². The second-order valence-electron chi connectivity index (χ2n) is 6.93. The molecule has 0 spiro atoms. The fraction of sp³-hybridized carbons (Fsp3) is 0.190. The second-order valence-corrected chi connectivity index (χ2v) is 7.79. The van der Waals surface area contributed by atoms with Crippen molar-refractivity contribution in [3.05, 3.63) is 53.2 Å². The average Bonchev–Trinajstić information content (AvgIpc) is 3.21. The van der Waals surface area contributed by atoms with Crippen LogP contribution in [0.3, 0.4) is 0 Å². The van der Waals surface area contributed by atoms with E-state index in [4.69, 9.17) is 9.47 Å². The molecule has 5 rings (SSSR count). The zero-order chi connectivity index (χ0) is 20.7. The van der Waals surface area contributed by atoms with Gasteiger partial charge in [0.1, 0.15) is 12.4 Å². The summed E-state index contributed by atoms with van der Waals surface area (Å²) in [7, 11) is 0. The molecule has 2 aromatic carbocycles. The highest BCUT2D eigenvalue weighted by Gasteiger charge is 2.28. The number of anilines is 2. The predicted octanol–water partition coefficient (Wildman–Crippen LogP) is 3.61. The Balaban J connectivity index is 1.32. The lowest BCUT2D eigenvalue weighted by Crippen LogP contribution is -2.40. The standard InChI is InChI=1S/C21H16FN3O4S/c22-13-8-14-11(5-6-19(26)23-14)7-12(13)15-10-30-21(24-15)25-20(27)18-9-28-16-3-1-2-4-17(16)29-18/h1-4,7-8,10,18H,5-6,9H2,(H,23,26)(H,24,25,27). The molecular weight excluding hydrogens is 409 g/mol. The van der Waals surface area contributed by atoms with Gasteiger partial charge in [-0.05, 0) is 36.2 Å². The van der Waals surface area contributed by atoms with Gasteiger partial charge in [-0.25, -0.2) is 9.37 Å². The molecule has 30 heavy (non-hydrogen) atoms. The van der Waals surface area contributed by atoms with E-state index in [9.17, 15) is 14.0 Å². The topological polar surface area (TPSA) is 89.6 Å². The zero-order valence-corrected chi connectivity index (χ0v) is 16.4. The summed E-state index contributed by atoms with van der Waals surface area (Å²) >= 11 is 1.19. The van der Waals surface area contributed by atoms with Crippen molar-refractivity contribution in [1.82, 2.24) is 4.98 Å². The van der Waals surface area contributed by atoms with Gasteiger partial charge in [0.25, 0.3) is 5.91 Å². The maximum Gasteiger partial charge on any atom is 0.270 e. The summed E-state index contributed by atoms with van der Waals surface area (Å²) in [6, 6.07) is 10.1. The van der Waals surface area contributed by atoms with Crippen LogP contribution in [0.5, 0.6) is 11.5 Å². The Kier molecular flexibility index (Phi) is 4.59. The lowest BCUT2D eigenvalue weighted by Gasteiger charge is -2.25. The van der Waals surface area contributed by atoms with Gasteiger partial charge in [0.2, 0.25) is 12.0 Å².